The second kappa shape index (κ2) is 23.6. The lowest BCUT2D eigenvalue weighted by molar-refractivity contribution is 0.0579. The number of methoxy groups -OCH3 is 2. The number of nitrogens with zero attached hydrogens (tertiary/aromatic N) is 9. The topological polar surface area (TPSA) is 221 Å². The third-order valence-electron chi connectivity index (χ3n) is 12.2. The van der Waals surface area contributed by atoms with Crippen LogP contribution < -0.4 is 40.6 Å². The van der Waals surface area contributed by atoms with Crippen LogP contribution in [0.15, 0.2) is 99.3 Å². The first-order valence-electron chi connectivity index (χ1n) is 23.4. The van der Waals surface area contributed by atoms with E-state index in [-0.39, 0.29) is 53.8 Å². The molecule has 73 heavy (non-hydrogen) atoms. The summed E-state index contributed by atoms with van der Waals surface area (Å²) in [6, 6.07) is 22.2. The van der Waals surface area contributed by atoms with Crippen molar-refractivity contribution in [3.05, 3.63) is 133 Å². The second-order valence-corrected chi connectivity index (χ2v) is 17.8. The van der Waals surface area contributed by atoms with E-state index >= 15 is 0 Å². The molecule has 0 radical (unpaired) electrons. The summed E-state index contributed by atoms with van der Waals surface area (Å²) in [6.07, 6.45) is 3.37. The van der Waals surface area contributed by atoms with Crippen LogP contribution in [0.2, 0.25) is 0 Å². The van der Waals surface area contributed by atoms with Crippen molar-refractivity contribution < 1.29 is 47.6 Å². The lowest BCUT2D eigenvalue weighted by Crippen LogP contribution is -2.37. The largest absolute Gasteiger partial charge is 0.481 e. The highest BCUT2D eigenvalue weighted by molar-refractivity contribution is 9.10. The van der Waals surface area contributed by atoms with Gasteiger partial charge in [-0.25, -0.2) is 29.1 Å². The van der Waals surface area contributed by atoms with Crippen LogP contribution in [0, 0.1) is 0 Å². The molecule has 4 saturated heterocycles. The summed E-state index contributed by atoms with van der Waals surface area (Å²) >= 11 is 3.48. The summed E-state index contributed by atoms with van der Waals surface area (Å²) in [5.74, 6) is -1.89. The Bertz CT molecular complexity index is 3090. The smallest absolute Gasteiger partial charge is 0.360 e. The summed E-state index contributed by atoms with van der Waals surface area (Å²) in [4.78, 5) is 93.3. The highest BCUT2D eigenvalue weighted by atomic mass is 79.9. The molecule has 0 saturated carbocycles. The van der Waals surface area contributed by atoms with E-state index in [0.29, 0.717) is 68.4 Å². The number of benzene rings is 2. The van der Waals surface area contributed by atoms with Crippen molar-refractivity contribution in [2.75, 3.05) is 122 Å². The third kappa shape index (κ3) is 11.8. The monoisotopic (exact) mass is 1070 g/mol. The number of aromatic nitrogens is 4. The third-order valence-corrected chi connectivity index (χ3v) is 12.8. The molecule has 0 unspecified atom stereocenters. The second-order valence-electron chi connectivity index (χ2n) is 16.9. The fourth-order valence-corrected chi connectivity index (χ4v) is 8.69. The van der Waals surface area contributed by atoms with Crippen LogP contribution in [0.3, 0.4) is 0 Å². The van der Waals surface area contributed by atoms with Crippen LogP contribution >= 0.6 is 15.9 Å². The van der Waals surface area contributed by atoms with Gasteiger partial charge in [-0.1, -0.05) is 60.7 Å². The van der Waals surface area contributed by atoms with Gasteiger partial charge >= 0.3 is 35.1 Å². The summed E-state index contributed by atoms with van der Waals surface area (Å²) in [6.45, 7) is 7.85. The molecule has 22 nitrogen and oxygen atoms in total. The van der Waals surface area contributed by atoms with Gasteiger partial charge in [-0.05, 0) is 39.2 Å². The Kier molecular flexibility index (Phi) is 16.7. The van der Waals surface area contributed by atoms with Crippen molar-refractivity contribution in [2.24, 2.45) is 0 Å². The molecule has 4 fully saturated rings. The van der Waals surface area contributed by atoms with Crippen LogP contribution in [0.25, 0.3) is 11.3 Å². The average molecular weight is 1070 g/mol. The highest BCUT2D eigenvalue weighted by Crippen LogP contribution is 2.31. The molecule has 23 heteroatoms. The Morgan fingerprint density at radius 1 is 0.630 bits per heavy atom. The fourth-order valence-electron chi connectivity index (χ4n) is 8.18. The van der Waals surface area contributed by atoms with E-state index in [1.54, 1.807) is 41.2 Å². The number of anilines is 3. The number of nitrogens with one attached hydrogen (secondary N) is 1. The van der Waals surface area contributed by atoms with Gasteiger partial charge in [0.1, 0.15) is 13.2 Å². The summed E-state index contributed by atoms with van der Waals surface area (Å²) in [5, 5.41) is 2.66. The Morgan fingerprint density at radius 3 is 1.53 bits per heavy atom. The Morgan fingerprint density at radius 2 is 1.11 bits per heavy atom. The van der Waals surface area contributed by atoms with E-state index in [9.17, 15) is 28.8 Å². The van der Waals surface area contributed by atoms with Gasteiger partial charge in [0.05, 0.1) is 62.2 Å². The molecule has 4 aromatic heterocycles. The van der Waals surface area contributed by atoms with Crippen LogP contribution in [0.1, 0.15) is 32.1 Å². The number of esters is 2. The van der Waals surface area contributed by atoms with E-state index in [4.69, 9.17) is 28.4 Å². The van der Waals surface area contributed by atoms with Crippen LogP contribution in [-0.2, 0) is 32.2 Å². The minimum Gasteiger partial charge on any atom is -0.481 e. The number of hydrogen-bond acceptors (Lipinski definition) is 16. The number of amides is 4. The van der Waals surface area contributed by atoms with Gasteiger partial charge in [-0.2, -0.15) is 0 Å². The Labute approximate surface area is 427 Å². The normalized spacial score (nSPS) is 15.6. The molecule has 8 heterocycles. The van der Waals surface area contributed by atoms with E-state index in [1.807, 2.05) is 72.8 Å². The first kappa shape index (κ1) is 51.6. The SMILES string of the molecule is CN1CCNC1=O.COC(=O)c1nc2c(Br)cc(N3CCOCC3)cn2c(=O)c1OCc1ccccc1.COC(=O)c1nc2c(N3CCN(C)C3=O)cc(N3CCOCC3)cn2c(=O)c1OCc1ccccc1. The Hall–Kier alpha value is -7.76. The van der Waals surface area contributed by atoms with E-state index in [2.05, 4.69) is 41.0 Å². The number of hydrogen-bond donors (Lipinski definition) is 1. The predicted octanol–water partition coefficient (Wildman–Crippen LogP) is 4.07. The molecule has 0 atom stereocenters. The Balaban J connectivity index is 0.000000174. The van der Waals surface area contributed by atoms with Crippen molar-refractivity contribution >= 4 is 68.3 Å². The van der Waals surface area contributed by atoms with Crippen LogP contribution in [0.5, 0.6) is 11.5 Å². The van der Waals surface area contributed by atoms with Gasteiger partial charge in [0.15, 0.2) is 22.7 Å². The minimum atomic E-state index is -0.800. The van der Waals surface area contributed by atoms with Crippen LogP contribution in [-0.4, -0.2) is 160 Å². The fraction of sp³-hybridized carbons (Fsp3) is 0.360. The number of morpholine rings is 2. The molecule has 0 spiro atoms. The lowest BCUT2D eigenvalue weighted by Gasteiger charge is -2.30. The van der Waals surface area contributed by atoms with E-state index in [1.165, 1.54) is 23.0 Å². The number of carbonyl (C=O) groups excluding carboxylic acids is 4. The number of halogens is 1. The molecular weight excluding hydrogens is 1010 g/mol. The van der Waals surface area contributed by atoms with Crippen molar-refractivity contribution in [2.45, 2.75) is 13.2 Å². The molecule has 0 bridgehead atoms. The number of carbonyl (C=O) groups is 4. The number of pyridine rings is 2. The minimum absolute atomic E-state index is 0.0417. The molecule has 4 aliphatic heterocycles. The summed E-state index contributed by atoms with van der Waals surface area (Å²) < 4.78 is 35.6. The van der Waals surface area contributed by atoms with Crippen molar-refractivity contribution in [3.63, 3.8) is 0 Å². The zero-order valence-electron chi connectivity index (χ0n) is 40.8. The summed E-state index contributed by atoms with van der Waals surface area (Å²) in [5.41, 5.74) is 2.76. The van der Waals surface area contributed by atoms with Gasteiger partial charge in [-0.3, -0.25) is 23.3 Å². The van der Waals surface area contributed by atoms with Gasteiger partial charge in [-0.15, -0.1) is 0 Å². The zero-order chi connectivity index (χ0) is 51.6. The molecule has 2 aromatic carbocycles. The van der Waals surface area contributed by atoms with Crippen LogP contribution in [0.4, 0.5) is 26.7 Å². The zero-order valence-corrected chi connectivity index (χ0v) is 42.4. The highest BCUT2D eigenvalue weighted by Gasteiger charge is 2.32. The van der Waals surface area contributed by atoms with Crippen molar-refractivity contribution in [3.8, 4) is 11.5 Å². The predicted molar refractivity (Wildman–Crippen MR) is 272 cm³/mol. The van der Waals surface area contributed by atoms with Crippen molar-refractivity contribution in [1.29, 1.82) is 0 Å². The number of rotatable bonds is 11. The maximum atomic E-state index is 13.8. The maximum Gasteiger partial charge on any atom is 0.360 e. The number of fused-ring (bicyclic) bond motifs is 2. The van der Waals surface area contributed by atoms with E-state index in [0.717, 1.165) is 48.7 Å². The first-order chi connectivity index (χ1) is 35.4. The van der Waals surface area contributed by atoms with Gasteiger partial charge < -0.3 is 53.3 Å². The molecular formula is C50H55BrN10O12. The van der Waals surface area contributed by atoms with Crippen molar-refractivity contribution in [1.82, 2.24) is 33.9 Å². The number of urea groups is 2. The molecule has 10 rings (SSSR count). The van der Waals surface area contributed by atoms with E-state index < -0.39 is 23.1 Å². The molecule has 384 valence electrons. The lowest BCUT2D eigenvalue weighted by atomic mass is 10.2. The first-order valence-corrected chi connectivity index (χ1v) is 24.2. The molecule has 1 N–H and O–H groups in total. The average Bonchev–Trinajstić information content (AvgIpc) is 3.98. The summed E-state index contributed by atoms with van der Waals surface area (Å²) in [7, 11) is 5.95. The number of ether oxygens (including phenoxy) is 6. The molecule has 4 amide bonds. The molecule has 6 aromatic rings. The quantitative estimate of drug-likeness (QED) is 0.181. The number of likely N-dealkylation sites (N-methyl/N-ethyl adjacent to an activating group) is 2. The standard InChI is InChI=1S/C25H27N5O6.C21H20BrN3O5.C4H8N2O/c1-27-8-9-29(25(27)33)19-14-18(28-10-12-35-13-11-28)15-30-22(19)26-20(24(32)34-2)21(23(30)31)36-16-17-6-4-3-5-7-17;1-28-21(27)17-18(30-13-14-5-3-2-4-6-14)20(26)25-12-15(11-16(22)19(25)23-17)24-7-9-29-10-8-24;1-6-3-2-5-4(6)7/h3-7,14-15H,8-13,16H2,1-2H3;2-6,11-12H,7-10,13H2,1H3;2-3H2,1H3,(H,5,7). The van der Waals surface area contributed by atoms with Gasteiger partial charge in [0.2, 0.25) is 11.5 Å². The van der Waals surface area contributed by atoms with Gasteiger partial charge in [0, 0.05) is 78.8 Å². The van der Waals surface area contributed by atoms with Gasteiger partial charge in [0.25, 0.3) is 0 Å². The maximum absolute atomic E-state index is 13.8. The molecule has 4 aliphatic rings. The molecule has 0 aliphatic carbocycles.